The van der Waals surface area contributed by atoms with Crippen LogP contribution in [0.15, 0.2) is 73.3 Å². The van der Waals surface area contributed by atoms with Crippen molar-refractivity contribution in [3.63, 3.8) is 0 Å². The summed E-state index contributed by atoms with van der Waals surface area (Å²) in [5.41, 5.74) is 0. The Morgan fingerprint density at radius 3 is 1.88 bits per heavy atom. The third-order valence-corrected chi connectivity index (χ3v) is 2.12. The zero-order valence-electron chi connectivity index (χ0n) is 8.82. The fraction of sp³-hybridized carbons (Fsp3) is 0. The van der Waals surface area contributed by atoms with Crippen LogP contribution in [0.5, 0.6) is 0 Å². The Morgan fingerprint density at radius 2 is 1.31 bits per heavy atom. The molecular weight excluding hydrogens is 196 g/mol. The smallest absolute Gasteiger partial charge is 0.0346 e. The second-order valence-electron chi connectivity index (χ2n) is 3.25. The number of fused-ring (bicyclic) bond motifs is 1. The maximum atomic E-state index is 4.01. The molecule has 0 atom stereocenters. The van der Waals surface area contributed by atoms with Crippen LogP contribution in [0.25, 0.3) is 10.8 Å². The largest absolute Gasteiger partial charge is 0.265 e. The standard InChI is InChI=1S/C9H7N.C5H5N/c1-2-4-9-7-10-6-5-8(9)3-1;1-2-4-6-5-3-1/h1-7H;1-5H. The summed E-state index contributed by atoms with van der Waals surface area (Å²) in [6.07, 6.45) is 7.18. The lowest BCUT2D eigenvalue weighted by molar-refractivity contribution is 1.33. The maximum Gasteiger partial charge on any atom is 0.0346 e. The molecule has 0 spiro atoms. The lowest BCUT2D eigenvalue weighted by Crippen LogP contribution is -1.71. The molecule has 0 fully saturated rings. The molecule has 0 amide bonds. The highest BCUT2D eigenvalue weighted by Gasteiger charge is 1.86. The highest BCUT2D eigenvalue weighted by molar-refractivity contribution is 5.80. The zero-order chi connectivity index (χ0) is 11.1. The van der Waals surface area contributed by atoms with Crippen LogP contribution in [0, 0.1) is 0 Å². The van der Waals surface area contributed by atoms with Crippen LogP contribution in [0.4, 0.5) is 0 Å². The molecule has 0 bridgehead atoms. The van der Waals surface area contributed by atoms with Gasteiger partial charge >= 0.3 is 0 Å². The van der Waals surface area contributed by atoms with Gasteiger partial charge in [-0.25, -0.2) is 0 Å². The lowest BCUT2D eigenvalue weighted by atomic mass is 10.2. The van der Waals surface area contributed by atoms with Crippen molar-refractivity contribution in [2.45, 2.75) is 0 Å². The molecule has 2 aromatic heterocycles. The van der Waals surface area contributed by atoms with Gasteiger partial charge in [0.25, 0.3) is 0 Å². The molecule has 0 aliphatic heterocycles. The molecule has 2 heteroatoms. The van der Waals surface area contributed by atoms with Crippen molar-refractivity contribution in [2.75, 3.05) is 0 Å². The minimum atomic E-state index is 1.20. The summed E-state index contributed by atoms with van der Waals surface area (Å²) in [6, 6.07) is 15.9. The lowest BCUT2D eigenvalue weighted by Gasteiger charge is -1.91. The Morgan fingerprint density at radius 1 is 0.562 bits per heavy atom. The van der Waals surface area contributed by atoms with E-state index in [-0.39, 0.29) is 0 Å². The molecule has 78 valence electrons. The van der Waals surface area contributed by atoms with Gasteiger partial charge < -0.3 is 0 Å². The summed E-state index contributed by atoms with van der Waals surface area (Å²) in [6.45, 7) is 0. The summed E-state index contributed by atoms with van der Waals surface area (Å²) >= 11 is 0. The molecule has 2 heterocycles. The summed E-state index contributed by atoms with van der Waals surface area (Å²) in [7, 11) is 0. The molecule has 0 saturated carbocycles. The normalized spacial score (nSPS) is 9.25. The van der Waals surface area contributed by atoms with Gasteiger partial charge in [0.1, 0.15) is 0 Å². The van der Waals surface area contributed by atoms with Crippen LogP contribution < -0.4 is 0 Å². The number of nitrogens with zero attached hydrogens (tertiary/aromatic N) is 2. The average molecular weight is 208 g/mol. The van der Waals surface area contributed by atoms with E-state index >= 15 is 0 Å². The molecule has 3 aromatic rings. The van der Waals surface area contributed by atoms with Gasteiger partial charge in [-0.15, -0.1) is 0 Å². The van der Waals surface area contributed by atoms with Gasteiger partial charge in [-0.1, -0.05) is 30.3 Å². The number of benzene rings is 1. The van der Waals surface area contributed by atoms with Crippen LogP contribution >= 0.6 is 0 Å². The van der Waals surface area contributed by atoms with Gasteiger partial charge in [0.15, 0.2) is 0 Å². The van der Waals surface area contributed by atoms with Gasteiger partial charge in [-0.05, 0) is 29.0 Å². The molecule has 0 radical (unpaired) electrons. The summed E-state index contributed by atoms with van der Waals surface area (Å²) in [5.74, 6) is 0. The van der Waals surface area contributed by atoms with E-state index in [1.807, 2.05) is 48.8 Å². The predicted octanol–water partition coefficient (Wildman–Crippen LogP) is 3.32. The molecule has 16 heavy (non-hydrogen) atoms. The first-order valence-electron chi connectivity index (χ1n) is 5.10. The van der Waals surface area contributed by atoms with Crippen LogP contribution in [0.1, 0.15) is 0 Å². The molecule has 0 aliphatic carbocycles. The molecule has 3 rings (SSSR count). The highest BCUT2D eigenvalue weighted by Crippen LogP contribution is 2.09. The monoisotopic (exact) mass is 208 g/mol. The molecule has 0 aliphatic rings. The summed E-state index contributed by atoms with van der Waals surface area (Å²) < 4.78 is 0. The van der Waals surface area contributed by atoms with E-state index in [0.717, 1.165) is 0 Å². The van der Waals surface area contributed by atoms with Crippen LogP contribution in [-0.4, -0.2) is 9.97 Å². The van der Waals surface area contributed by atoms with Crippen molar-refractivity contribution >= 4 is 10.8 Å². The second-order valence-corrected chi connectivity index (χ2v) is 3.25. The van der Waals surface area contributed by atoms with Crippen molar-refractivity contribution < 1.29 is 0 Å². The molecule has 2 nitrogen and oxygen atoms in total. The molecule has 0 N–H and O–H groups in total. The van der Waals surface area contributed by atoms with Crippen molar-refractivity contribution in [2.24, 2.45) is 0 Å². The van der Waals surface area contributed by atoms with Gasteiger partial charge in [-0.3, -0.25) is 9.97 Å². The van der Waals surface area contributed by atoms with E-state index in [0.29, 0.717) is 0 Å². The second kappa shape index (κ2) is 5.61. The maximum absolute atomic E-state index is 4.01. The van der Waals surface area contributed by atoms with Crippen LogP contribution in [-0.2, 0) is 0 Å². The topological polar surface area (TPSA) is 25.8 Å². The molecular formula is C14H12N2. The van der Waals surface area contributed by atoms with Crippen molar-refractivity contribution in [3.8, 4) is 0 Å². The van der Waals surface area contributed by atoms with Crippen LogP contribution in [0.3, 0.4) is 0 Å². The Kier molecular flexibility index (Phi) is 3.61. The van der Waals surface area contributed by atoms with Gasteiger partial charge in [0.05, 0.1) is 0 Å². The van der Waals surface area contributed by atoms with Gasteiger partial charge in [0, 0.05) is 24.8 Å². The van der Waals surface area contributed by atoms with Gasteiger partial charge in [0.2, 0.25) is 0 Å². The Bertz CT molecular complexity index is 443. The minimum absolute atomic E-state index is 1.20. The first-order chi connectivity index (χ1) is 7.97. The quantitative estimate of drug-likeness (QED) is 0.566. The Labute approximate surface area is 94.6 Å². The first-order valence-corrected chi connectivity index (χ1v) is 5.10. The van der Waals surface area contributed by atoms with Crippen molar-refractivity contribution in [1.29, 1.82) is 0 Å². The van der Waals surface area contributed by atoms with E-state index in [2.05, 4.69) is 22.1 Å². The molecule has 0 saturated heterocycles. The fourth-order valence-corrected chi connectivity index (χ4v) is 1.34. The van der Waals surface area contributed by atoms with E-state index in [1.165, 1.54) is 10.8 Å². The number of hydrogen-bond donors (Lipinski definition) is 0. The highest BCUT2D eigenvalue weighted by atomic mass is 14.6. The zero-order valence-corrected chi connectivity index (χ0v) is 8.82. The van der Waals surface area contributed by atoms with E-state index in [9.17, 15) is 0 Å². The number of aromatic nitrogens is 2. The fourth-order valence-electron chi connectivity index (χ4n) is 1.34. The molecule has 1 aromatic carbocycles. The Balaban J connectivity index is 0.000000138. The Hall–Kier alpha value is -2.22. The van der Waals surface area contributed by atoms with Crippen LogP contribution in [0.2, 0.25) is 0 Å². The van der Waals surface area contributed by atoms with Crippen molar-refractivity contribution in [1.82, 2.24) is 9.97 Å². The van der Waals surface area contributed by atoms with E-state index in [4.69, 9.17) is 0 Å². The van der Waals surface area contributed by atoms with Crippen molar-refractivity contribution in [3.05, 3.63) is 73.3 Å². The van der Waals surface area contributed by atoms with Gasteiger partial charge in [-0.2, -0.15) is 0 Å². The summed E-state index contributed by atoms with van der Waals surface area (Å²) in [5, 5.41) is 2.45. The SMILES string of the molecule is c1ccc2cnccc2c1.c1ccncc1. The predicted molar refractivity (Wildman–Crippen MR) is 66.0 cm³/mol. The van der Waals surface area contributed by atoms with E-state index < -0.39 is 0 Å². The molecule has 0 unspecified atom stereocenters. The third-order valence-electron chi connectivity index (χ3n) is 2.12. The number of rotatable bonds is 0. The average Bonchev–Trinajstić information content (AvgIpc) is 2.42. The number of hydrogen-bond acceptors (Lipinski definition) is 2. The first kappa shape index (κ1) is 10.3. The van der Waals surface area contributed by atoms with E-state index in [1.54, 1.807) is 12.4 Å². The minimum Gasteiger partial charge on any atom is -0.265 e. The summed E-state index contributed by atoms with van der Waals surface area (Å²) in [4.78, 5) is 7.80. The third kappa shape index (κ3) is 2.89. The number of pyridine rings is 2.